The lowest BCUT2D eigenvalue weighted by Gasteiger charge is -2.40. The molecule has 12 rings (SSSR count). The van der Waals surface area contributed by atoms with Crippen molar-refractivity contribution in [3.8, 4) is 0 Å². The van der Waals surface area contributed by atoms with Gasteiger partial charge in [-0.05, 0) is 368 Å². The summed E-state index contributed by atoms with van der Waals surface area (Å²) < 4.78 is 0. The van der Waals surface area contributed by atoms with Crippen LogP contribution in [-0.2, 0) is 0 Å². The molecule has 102 heavy (non-hydrogen) atoms. The number of hydrogen-bond donors (Lipinski definition) is 0. The molecule has 0 aromatic heterocycles. The molecule has 0 aliphatic heterocycles. The highest BCUT2D eigenvalue weighted by molar-refractivity contribution is 5.31. The molecular formula is C102H168. The minimum absolute atomic E-state index is 0.731. The number of benzene rings is 3. The molecule has 0 amide bonds. The van der Waals surface area contributed by atoms with E-state index >= 15 is 0 Å². The third kappa shape index (κ3) is 23.8. The van der Waals surface area contributed by atoms with E-state index in [1.807, 2.05) is 0 Å². The fourth-order valence-corrected chi connectivity index (χ4v) is 25.0. The molecule has 0 heteroatoms. The van der Waals surface area contributed by atoms with Gasteiger partial charge in [-0.2, -0.15) is 0 Å². The van der Waals surface area contributed by atoms with Crippen molar-refractivity contribution in [3.63, 3.8) is 0 Å². The quantitative estimate of drug-likeness (QED) is 0.0668. The first kappa shape index (κ1) is 82.2. The van der Waals surface area contributed by atoms with Crippen molar-refractivity contribution in [1.29, 1.82) is 0 Å². The SMILES string of the molecule is CCCC1CCC(c2ccc(C(C)C3CCC(C(C)C4CCC(CC)CC4)CC3)cc2)CC1.CCCCC1CCC(c2ccc(C(C)C3CCC(C(C)C4CCC(CC)CC4)CC3)cc2)CC1.CCCCCC1CCC(c2ccc(C(C)C3CCC(C(C)C4CCC(CC)CC4)CC3)cc2)CC1. The Kier molecular flexibility index (Phi) is 34.8. The Labute approximate surface area is 635 Å². The van der Waals surface area contributed by atoms with Gasteiger partial charge in [-0.25, -0.2) is 0 Å². The van der Waals surface area contributed by atoms with Gasteiger partial charge in [0.2, 0.25) is 0 Å². The van der Waals surface area contributed by atoms with Crippen molar-refractivity contribution in [2.75, 3.05) is 0 Å². The second-order valence-corrected chi connectivity index (χ2v) is 39.1. The van der Waals surface area contributed by atoms with Gasteiger partial charge in [-0.15, -0.1) is 0 Å². The molecule has 0 spiro atoms. The van der Waals surface area contributed by atoms with E-state index < -0.39 is 0 Å². The monoisotopic (exact) mass is 1390 g/mol. The molecule has 9 saturated carbocycles. The summed E-state index contributed by atoms with van der Waals surface area (Å²) >= 11 is 0. The zero-order valence-electron chi connectivity index (χ0n) is 69.7. The van der Waals surface area contributed by atoms with Crippen LogP contribution in [0.2, 0.25) is 0 Å². The van der Waals surface area contributed by atoms with E-state index in [9.17, 15) is 0 Å². The van der Waals surface area contributed by atoms with Crippen LogP contribution in [0.4, 0.5) is 0 Å². The lowest BCUT2D eigenvalue weighted by atomic mass is 9.65. The minimum Gasteiger partial charge on any atom is -0.0654 e. The normalized spacial score (nSPS) is 34.5. The maximum absolute atomic E-state index is 2.61. The van der Waals surface area contributed by atoms with Crippen LogP contribution in [0.25, 0.3) is 0 Å². The summed E-state index contributed by atoms with van der Waals surface area (Å²) in [5.41, 5.74) is 9.69. The number of unbranched alkanes of at least 4 members (excludes halogenated alkanes) is 3. The molecule has 0 saturated heterocycles. The Balaban J connectivity index is 0.000000165. The van der Waals surface area contributed by atoms with E-state index in [0.29, 0.717) is 0 Å². The summed E-state index contributed by atoms with van der Waals surface area (Å²) in [4.78, 5) is 0. The average molecular weight is 1390 g/mol. The largest absolute Gasteiger partial charge is 0.0654 e. The third-order valence-electron chi connectivity index (χ3n) is 33.7. The third-order valence-corrected chi connectivity index (χ3v) is 33.7. The second-order valence-electron chi connectivity index (χ2n) is 39.1. The fraction of sp³-hybridized carbons (Fsp3) is 0.824. The van der Waals surface area contributed by atoms with Gasteiger partial charge < -0.3 is 0 Å². The van der Waals surface area contributed by atoms with Crippen LogP contribution < -0.4 is 0 Å². The van der Waals surface area contributed by atoms with Crippen LogP contribution in [0.3, 0.4) is 0 Å². The lowest BCUT2D eigenvalue weighted by molar-refractivity contribution is 0.119. The van der Waals surface area contributed by atoms with E-state index in [-0.39, 0.29) is 0 Å². The van der Waals surface area contributed by atoms with E-state index in [0.717, 1.165) is 142 Å². The maximum atomic E-state index is 2.61. The Morgan fingerprint density at radius 2 is 0.431 bits per heavy atom. The van der Waals surface area contributed by atoms with Crippen molar-refractivity contribution in [1.82, 2.24) is 0 Å². The van der Waals surface area contributed by atoms with Crippen molar-refractivity contribution >= 4 is 0 Å². The Morgan fingerprint density at radius 1 is 0.216 bits per heavy atom. The summed E-state index contributed by atoms with van der Waals surface area (Å²) in [5.74, 6) is 22.5. The van der Waals surface area contributed by atoms with Crippen molar-refractivity contribution < 1.29 is 0 Å². The molecule has 9 fully saturated rings. The molecule has 0 heterocycles. The maximum Gasteiger partial charge on any atom is -0.0162 e. The zero-order chi connectivity index (χ0) is 71.7. The highest BCUT2D eigenvalue weighted by Gasteiger charge is 2.38. The smallest absolute Gasteiger partial charge is 0.0162 e. The molecule has 3 aromatic carbocycles. The zero-order valence-corrected chi connectivity index (χ0v) is 69.7. The van der Waals surface area contributed by atoms with E-state index in [2.05, 4.69) is 156 Å². The van der Waals surface area contributed by atoms with Crippen LogP contribution in [-0.4, -0.2) is 0 Å². The predicted octanol–water partition coefficient (Wildman–Crippen LogP) is 32.7. The van der Waals surface area contributed by atoms with E-state index in [1.165, 1.54) is 308 Å². The van der Waals surface area contributed by atoms with Gasteiger partial charge in [0.15, 0.2) is 0 Å². The van der Waals surface area contributed by atoms with Crippen molar-refractivity contribution in [2.45, 2.75) is 427 Å². The molecule has 0 nitrogen and oxygen atoms in total. The highest BCUT2D eigenvalue weighted by atomic mass is 14.4. The standard InChI is InChI=1S/C35H58.C34H56.C33H54/c1-5-7-8-9-29-12-16-34(17-13-29)35-24-22-33(23-25-35)27(4)32-20-18-31(19-21-32)26(3)30-14-10-28(6-2)11-15-30;1-5-7-8-28-11-15-33(16-12-28)34-23-21-32(22-24-34)26(4)31-19-17-30(18-20-31)25(3)29-13-9-27(6-2)10-14-29;1-5-7-27-10-14-32(15-11-27)33-22-20-31(21-23-33)25(4)30-18-16-29(17-19-30)24(3)28-12-8-26(6-2)9-13-28/h22-32,34H,5-21H2,1-4H3;21-31,33H,5-20H2,1-4H3;20-30,32H,5-19H2,1-4H3. The van der Waals surface area contributed by atoms with E-state index in [4.69, 9.17) is 0 Å². The van der Waals surface area contributed by atoms with Gasteiger partial charge in [-0.1, -0.05) is 271 Å². The molecular weight excluding hydrogens is 1230 g/mol. The Bertz CT molecular complexity index is 2620. The minimum atomic E-state index is 0.731. The van der Waals surface area contributed by atoms with E-state index in [1.54, 1.807) is 33.4 Å². The van der Waals surface area contributed by atoms with Crippen LogP contribution in [0.15, 0.2) is 72.8 Å². The molecule has 0 bridgehead atoms. The first-order valence-corrected chi connectivity index (χ1v) is 47.0. The van der Waals surface area contributed by atoms with Gasteiger partial charge in [0.05, 0.1) is 0 Å². The molecule has 9 aliphatic carbocycles. The highest BCUT2D eigenvalue weighted by Crippen LogP contribution is 2.51. The summed E-state index contributed by atoms with van der Waals surface area (Å²) in [5, 5.41) is 0. The molecule has 0 N–H and O–H groups in total. The van der Waals surface area contributed by atoms with Crippen LogP contribution in [0.1, 0.15) is 460 Å². The van der Waals surface area contributed by atoms with Crippen LogP contribution in [0.5, 0.6) is 0 Å². The molecule has 9 aliphatic rings. The molecule has 6 unspecified atom stereocenters. The number of hydrogen-bond acceptors (Lipinski definition) is 0. The second kappa shape index (κ2) is 43.2. The van der Waals surface area contributed by atoms with Crippen LogP contribution >= 0.6 is 0 Å². The molecule has 0 radical (unpaired) electrons. The summed E-state index contributed by atoms with van der Waals surface area (Å²) in [7, 11) is 0. The predicted molar refractivity (Wildman–Crippen MR) is 448 cm³/mol. The lowest BCUT2D eigenvalue weighted by Crippen LogP contribution is -2.29. The van der Waals surface area contributed by atoms with Crippen molar-refractivity contribution in [3.05, 3.63) is 106 Å². The average Bonchev–Trinajstić information content (AvgIpc) is 0.831. The molecule has 3 aromatic rings. The summed E-state index contributed by atoms with van der Waals surface area (Å²) in [6.45, 7) is 29.6. The first-order chi connectivity index (χ1) is 49.8. The molecule has 6 atom stereocenters. The topological polar surface area (TPSA) is 0 Å². The van der Waals surface area contributed by atoms with Gasteiger partial charge in [0.25, 0.3) is 0 Å². The van der Waals surface area contributed by atoms with Gasteiger partial charge in [0, 0.05) is 0 Å². The summed E-state index contributed by atoms with van der Waals surface area (Å²) in [6.07, 6.45) is 70.2. The number of rotatable bonds is 27. The summed E-state index contributed by atoms with van der Waals surface area (Å²) in [6, 6.07) is 30.0. The van der Waals surface area contributed by atoms with Gasteiger partial charge in [0.1, 0.15) is 0 Å². The van der Waals surface area contributed by atoms with Gasteiger partial charge >= 0.3 is 0 Å². The Hall–Kier alpha value is -2.34. The Morgan fingerprint density at radius 3 is 0.667 bits per heavy atom. The van der Waals surface area contributed by atoms with Crippen LogP contribution in [0, 0.1) is 107 Å². The van der Waals surface area contributed by atoms with Crippen molar-refractivity contribution in [2.24, 2.45) is 107 Å². The van der Waals surface area contributed by atoms with Gasteiger partial charge in [-0.3, -0.25) is 0 Å². The fourth-order valence-electron chi connectivity index (χ4n) is 25.0. The first-order valence-electron chi connectivity index (χ1n) is 47.0. The molecule has 576 valence electrons.